The molecule has 0 aliphatic carbocycles. The zero-order valence-corrected chi connectivity index (χ0v) is 12.2. The second kappa shape index (κ2) is 6.11. The Morgan fingerprint density at radius 1 is 1.14 bits per heavy atom. The molecule has 6 heteroatoms. The van der Waals surface area contributed by atoms with E-state index in [-0.39, 0.29) is 0 Å². The fraction of sp³-hybridized carbons (Fsp3) is 0.200. The predicted octanol–water partition coefficient (Wildman–Crippen LogP) is 3.62. The molecule has 0 aliphatic heterocycles. The third-order valence-corrected chi connectivity index (χ3v) is 3.23. The monoisotopic (exact) mass is 303 g/mol. The van der Waals surface area contributed by atoms with Crippen molar-refractivity contribution in [1.82, 2.24) is 15.0 Å². The second-order valence-corrected chi connectivity index (χ2v) is 5.22. The molecular formula is C15H14ClN3O2. The van der Waals surface area contributed by atoms with Gasteiger partial charge in [-0.15, -0.1) is 0 Å². The van der Waals surface area contributed by atoms with Gasteiger partial charge in [-0.05, 0) is 36.9 Å². The van der Waals surface area contributed by atoms with E-state index in [2.05, 4.69) is 15.0 Å². The summed E-state index contributed by atoms with van der Waals surface area (Å²) in [7, 11) is 1.99. The molecule has 0 spiro atoms. The average molecular weight is 304 g/mol. The van der Waals surface area contributed by atoms with Gasteiger partial charge in [-0.3, -0.25) is 4.90 Å². The Hall–Kier alpha value is -2.11. The first-order valence-electron chi connectivity index (χ1n) is 6.50. The molecule has 0 amide bonds. The highest BCUT2D eigenvalue weighted by atomic mass is 35.5. The molecule has 0 saturated carbocycles. The number of nitrogens with zero attached hydrogens (tertiary/aromatic N) is 3. The molecule has 0 aliphatic rings. The zero-order valence-electron chi connectivity index (χ0n) is 11.5. The minimum Gasteiger partial charge on any atom is -0.461 e. The van der Waals surface area contributed by atoms with Crippen LogP contribution in [0.25, 0.3) is 11.6 Å². The van der Waals surface area contributed by atoms with Gasteiger partial charge in [0.2, 0.25) is 11.7 Å². The van der Waals surface area contributed by atoms with Crippen molar-refractivity contribution in [2.24, 2.45) is 0 Å². The van der Waals surface area contributed by atoms with Crippen LogP contribution in [0.2, 0.25) is 5.02 Å². The number of hydrogen-bond acceptors (Lipinski definition) is 5. The highest BCUT2D eigenvalue weighted by Crippen LogP contribution is 2.17. The average Bonchev–Trinajstić information content (AvgIpc) is 3.12. The number of halogens is 1. The lowest BCUT2D eigenvalue weighted by Crippen LogP contribution is -2.17. The van der Waals surface area contributed by atoms with Crippen LogP contribution in [0.15, 0.2) is 51.6 Å². The lowest BCUT2D eigenvalue weighted by molar-refractivity contribution is 0.261. The summed E-state index contributed by atoms with van der Waals surface area (Å²) in [5.74, 6) is 1.62. The van der Waals surface area contributed by atoms with Crippen molar-refractivity contribution in [3.8, 4) is 11.6 Å². The van der Waals surface area contributed by atoms with E-state index in [9.17, 15) is 0 Å². The summed E-state index contributed by atoms with van der Waals surface area (Å²) in [6.45, 7) is 1.34. The lowest BCUT2D eigenvalue weighted by Gasteiger charge is -2.13. The molecule has 0 atom stereocenters. The normalized spacial score (nSPS) is 11.2. The van der Waals surface area contributed by atoms with Crippen LogP contribution in [0.3, 0.4) is 0 Å². The Balaban J connectivity index is 1.62. The SMILES string of the molecule is CN(Cc1ccc(Cl)cc1)Cc1nc(-c2ccco2)no1. The third kappa shape index (κ3) is 3.51. The van der Waals surface area contributed by atoms with Crippen molar-refractivity contribution in [3.05, 3.63) is 59.1 Å². The van der Waals surface area contributed by atoms with Gasteiger partial charge < -0.3 is 8.94 Å². The molecule has 108 valence electrons. The summed E-state index contributed by atoms with van der Waals surface area (Å²) in [6, 6.07) is 11.4. The molecule has 3 rings (SSSR count). The molecule has 0 N–H and O–H groups in total. The quantitative estimate of drug-likeness (QED) is 0.720. The summed E-state index contributed by atoms with van der Waals surface area (Å²) in [6.07, 6.45) is 1.58. The summed E-state index contributed by atoms with van der Waals surface area (Å²) < 4.78 is 10.5. The fourth-order valence-electron chi connectivity index (χ4n) is 2.01. The van der Waals surface area contributed by atoms with Crippen LogP contribution in [0.1, 0.15) is 11.5 Å². The molecule has 0 bridgehead atoms. The van der Waals surface area contributed by atoms with Crippen LogP contribution in [0, 0.1) is 0 Å². The molecule has 2 heterocycles. The van der Waals surface area contributed by atoms with Crippen LogP contribution in [-0.4, -0.2) is 22.1 Å². The summed E-state index contributed by atoms with van der Waals surface area (Å²) >= 11 is 5.87. The predicted molar refractivity (Wildman–Crippen MR) is 78.6 cm³/mol. The molecule has 0 unspecified atom stereocenters. The van der Waals surface area contributed by atoms with Gasteiger partial charge in [0.15, 0.2) is 5.76 Å². The molecule has 1 aromatic carbocycles. The maximum Gasteiger partial charge on any atom is 0.241 e. The number of benzene rings is 1. The topological polar surface area (TPSA) is 55.3 Å². The van der Waals surface area contributed by atoms with Gasteiger partial charge >= 0.3 is 0 Å². The smallest absolute Gasteiger partial charge is 0.241 e. The van der Waals surface area contributed by atoms with Crippen molar-refractivity contribution < 1.29 is 8.94 Å². The first-order valence-corrected chi connectivity index (χ1v) is 6.88. The van der Waals surface area contributed by atoms with Gasteiger partial charge in [0.1, 0.15) is 0 Å². The van der Waals surface area contributed by atoms with E-state index in [1.165, 1.54) is 5.56 Å². The van der Waals surface area contributed by atoms with Crippen molar-refractivity contribution in [2.45, 2.75) is 13.1 Å². The van der Waals surface area contributed by atoms with Gasteiger partial charge in [-0.2, -0.15) is 4.98 Å². The van der Waals surface area contributed by atoms with Gasteiger partial charge in [-0.1, -0.05) is 28.9 Å². The molecule has 5 nitrogen and oxygen atoms in total. The number of aromatic nitrogens is 2. The number of hydrogen-bond donors (Lipinski definition) is 0. The molecule has 0 radical (unpaired) electrons. The van der Waals surface area contributed by atoms with E-state index < -0.39 is 0 Å². The first-order chi connectivity index (χ1) is 10.2. The Morgan fingerprint density at radius 3 is 2.67 bits per heavy atom. The number of furan rings is 1. The van der Waals surface area contributed by atoms with Gasteiger partial charge in [-0.25, -0.2) is 0 Å². The first kappa shape index (κ1) is 13.9. The van der Waals surface area contributed by atoms with Crippen molar-refractivity contribution in [3.63, 3.8) is 0 Å². The summed E-state index contributed by atoms with van der Waals surface area (Å²) in [5.41, 5.74) is 1.17. The summed E-state index contributed by atoms with van der Waals surface area (Å²) in [4.78, 5) is 6.40. The molecule has 2 aromatic heterocycles. The van der Waals surface area contributed by atoms with E-state index in [0.717, 1.165) is 11.6 Å². The highest BCUT2D eigenvalue weighted by molar-refractivity contribution is 6.30. The minimum atomic E-state index is 0.467. The molecular weight excluding hydrogens is 290 g/mol. The van der Waals surface area contributed by atoms with Gasteiger partial charge in [0.05, 0.1) is 12.8 Å². The Kier molecular flexibility index (Phi) is 4.03. The largest absolute Gasteiger partial charge is 0.461 e. The highest BCUT2D eigenvalue weighted by Gasteiger charge is 2.12. The lowest BCUT2D eigenvalue weighted by atomic mass is 10.2. The standard InChI is InChI=1S/C15H14ClN3O2/c1-19(9-11-4-6-12(16)7-5-11)10-14-17-15(18-21-14)13-3-2-8-20-13/h2-8H,9-10H2,1H3. The van der Waals surface area contributed by atoms with Crippen LogP contribution in [0.5, 0.6) is 0 Å². The van der Waals surface area contributed by atoms with Gasteiger partial charge in [0.25, 0.3) is 0 Å². The van der Waals surface area contributed by atoms with E-state index >= 15 is 0 Å². The number of rotatable bonds is 5. The minimum absolute atomic E-state index is 0.467. The van der Waals surface area contributed by atoms with Crippen LogP contribution in [0.4, 0.5) is 0 Å². The molecule has 0 saturated heterocycles. The van der Waals surface area contributed by atoms with Gasteiger partial charge in [0, 0.05) is 11.6 Å². The van der Waals surface area contributed by atoms with E-state index in [0.29, 0.717) is 24.0 Å². The Labute approximate surface area is 127 Å². The Morgan fingerprint density at radius 2 is 1.95 bits per heavy atom. The maximum absolute atomic E-state index is 5.87. The third-order valence-electron chi connectivity index (χ3n) is 2.98. The van der Waals surface area contributed by atoms with E-state index in [1.807, 2.05) is 31.3 Å². The van der Waals surface area contributed by atoms with Crippen molar-refractivity contribution in [2.75, 3.05) is 7.05 Å². The second-order valence-electron chi connectivity index (χ2n) is 4.79. The fourth-order valence-corrected chi connectivity index (χ4v) is 2.14. The van der Waals surface area contributed by atoms with Crippen LogP contribution < -0.4 is 0 Å². The molecule has 3 aromatic rings. The van der Waals surface area contributed by atoms with E-state index in [4.69, 9.17) is 20.5 Å². The van der Waals surface area contributed by atoms with Crippen LogP contribution >= 0.6 is 11.6 Å². The van der Waals surface area contributed by atoms with Crippen molar-refractivity contribution >= 4 is 11.6 Å². The molecule has 21 heavy (non-hydrogen) atoms. The van der Waals surface area contributed by atoms with Crippen molar-refractivity contribution in [1.29, 1.82) is 0 Å². The maximum atomic E-state index is 5.87. The van der Waals surface area contributed by atoms with Crippen LogP contribution in [-0.2, 0) is 13.1 Å². The summed E-state index contributed by atoms with van der Waals surface area (Å²) in [5, 5.41) is 4.64. The Bertz CT molecular complexity index is 692. The zero-order chi connectivity index (χ0) is 14.7. The molecule has 0 fully saturated rings. The van der Waals surface area contributed by atoms with E-state index in [1.54, 1.807) is 18.4 Å².